The molecule has 0 radical (unpaired) electrons. The minimum absolute atomic E-state index is 0.0677. The Bertz CT molecular complexity index is 1260. The van der Waals surface area contributed by atoms with E-state index >= 15 is 0 Å². The molecule has 0 saturated carbocycles. The molecule has 0 rings (SSSR count). The second kappa shape index (κ2) is 18.2. The highest BCUT2D eigenvalue weighted by Gasteiger charge is 2.75. The van der Waals surface area contributed by atoms with Crippen LogP contribution in [0.25, 0.3) is 0 Å². The van der Waals surface area contributed by atoms with Gasteiger partial charge in [0.1, 0.15) is 17.3 Å². The molecule has 0 aliphatic rings. The van der Waals surface area contributed by atoms with Gasteiger partial charge in [0, 0.05) is 6.61 Å². The van der Waals surface area contributed by atoms with E-state index in [0.29, 0.717) is 0 Å². The highest BCUT2D eigenvalue weighted by molar-refractivity contribution is 7.86. The molecule has 1 atom stereocenters. The third-order valence-corrected chi connectivity index (χ3v) is 6.39. The molecule has 0 aliphatic heterocycles. The molecule has 6 N–H and O–H groups in total. The lowest BCUT2D eigenvalue weighted by Crippen LogP contribution is -2.55. The van der Waals surface area contributed by atoms with E-state index in [1.54, 1.807) is 0 Å². The van der Waals surface area contributed by atoms with Gasteiger partial charge < -0.3 is 15.3 Å². The Hall–Kier alpha value is -1.86. The van der Waals surface area contributed by atoms with Crippen molar-refractivity contribution in [2.45, 2.75) is 66.6 Å². The van der Waals surface area contributed by atoms with E-state index in [2.05, 4.69) is 0 Å². The molecule has 0 aromatic rings. The summed E-state index contributed by atoms with van der Waals surface area (Å²) in [7, 11) is -17.0. The Morgan fingerprint density at radius 3 is 0.654 bits per heavy atom. The fourth-order valence-electron chi connectivity index (χ4n) is 1.82. The summed E-state index contributed by atoms with van der Waals surface area (Å²) in [5, 5.41) is 24.6. The number of hydrogen-bond acceptors (Lipinski definition) is 9. The van der Waals surface area contributed by atoms with Gasteiger partial charge in [-0.05, 0) is 6.42 Å². The summed E-state index contributed by atoms with van der Waals surface area (Å²) >= 11 is 0. The van der Waals surface area contributed by atoms with Gasteiger partial charge in [0.15, 0.2) is 0 Å². The van der Waals surface area contributed by atoms with Crippen LogP contribution >= 0.6 is 0 Å². The van der Waals surface area contributed by atoms with E-state index in [0.717, 1.165) is 0 Å². The molecule has 320 valence electrons. The van der Waals surface area contributed by atoms with Gasteiger partial charge in [0.25, 0.3) is 30.4 Å². The quantitative estimate of drug-likeness (QED) is 0.122. The van der Waals surface area contributed by atoms with Gasteiger partial charge in [-0.15, -0.1) is 0 Å². The molecule has 0 aliphatic carbocycles. The van der Waals surface area contributed by atoms with Gasteiger partial charge in [0.05, 0.1) is 12.7 Å². The predicted molar refractivity (Wildman–Crippen MR) is 122 cm³/mol. The second-order valence-electron chi connectivity index (χ2n) is 8.86. The van der Waals surface area contributed by atoms with Gasteiger partial charge in [-0.1, -0.05) is 0 Å². The van der Waals surface area contributed by atoms with E-state index < -0.39 is 108 Å². The van der Waals surface area contributed by atoms with Crippen molar-refractivity contribution in [1.82, 2.24) is 0 Å². The lowest BCUT2D eigenvalue weighted by atomic mass is 10.2. The second-order valence-corrected chi connectivity index (χ2v) is 13.2. The van der Waals surface area contributed by atoms with Crippen LogP contribution in [0.5, 0.6) is 0 Å². The number of aliphatic hydroxyl groups excluding tert-OH is 3. The summed E-state index contributed by atoms with van der Waals surface area (Å²) in [6.07, 6.45) is -20.3. The summed E-state index contributed by atoms with van der Waals surface area (Å²) in [4.78, 5) is 0. The predicted octanol–water partition coefficient (Wildman–Crippen LogP) is 3.84. The Morgan fingerprint density at radius 2 is 0.577 bits per heavy atom. The summed E-state index contributed by atoms with van der Waals surface area (Å²) in [5.41, 5.74) is 0. The van der Waals surface area contributed by atoms with Crippen molar-refractivity contribution in [3.63, 3.8) is 0 Å². The van der Waals surface area contributed by atoms with Gasteiger partial charge in [-0.2, -0.15) is 117 Å². The first kappa shape index (κ1) is 56.9. The number of halogens is 21. The SMILES string of the molecule is O=S(=O)(O)CC(F)(F)C(F)(F)C(F)(F)F.O=S(=O)(O)CC(F)(F)C(F)(F)C(F)(F)F.O=S(=O)(O)CC(F)(F)C(F)(F)C(F)(F)F.OCCC(O)CO. The van der Waals surface area contributed by atoms with Crippen LogP contribution in [0.1, 0.15) is 6.42 Å². The third kappa shape index (κ3) is 18.9. The number of rotatable bonds is 12. The minimum Gasteiger partial charge on any atom is -0.396 e. The van der Waals surface area contributed by atoms with Crippen molar-refractivity contribution >= 4 is 30.4 Å². The standard InChI is InChI=1S/3C4H3F7O3S.C4H10O3/c3*5-2(6,1-15(12,13)14)3(7,8)4(9,10)11;5-2-1-4(7)3-6/h3*1H2,(H,12,13,14);4-7H,1-3H2. The molecular formula is C16H19F21O12S3. The van der Waals surface area contributed by atoms with Crippen LogP contribution in [0.4, 0.5) is 92.2 Å². The molecule has 0 heterocycles. The van der Waals surface area contributed by atoms with Crippen LogP contribution in [0.2, 0.25) is 0 Å². The van der Waals surface area contributed by atoms with Gasteiger partial charge in [0.2, 0.25) is 0 Å². The van der Waals surface area contributed by atoms with Gasteiger partial charge in [-0.25, -0.2) is 0 Å². The largest absolute Gasteiger partial charge is 0.459 e. The molecule has 0 aromatic carbocycles. The highest BCUT2D eigenvalue weighted by atomic mass is 32.2. The molecule has 12 nitrogen and oxygen atoms in total. The van der Waals surface area contributed by atoms with Crippen molar-refractivity contribution in [2.24, 2.45) is 0 Å². The maximum Gasteiger partial charge on any atom is 0.459 e. The van der Waals surface area contributed by atoms with Crippen molar-refractivity contribution in [3.05, 3.63) is 0 Å². The Morgan fingerprint density at radius 1 is 0.404 bits per heavy atom. The van der Waals surface area contributed by atoms with Crippen LogP contribution in [-0.2, 0) is 30.4 Å². The summed E-state index contributed by atoms with van der Waals surface area (Å²) in [6, 6.07) is 0. The lowest BCUT2D eigenvalue weighted by molar-refractivity contribution is -0.348. The summed E-state index contributed by atoms with van der Waals surface area (Å²) in [5.74, 6) is -46.4. The van der Waals surface area contributed by atoms with Gasteiger partial charge >= 0.3 is 54.1 Å². The Balaban J connectivity index is -0.000000304. The maximum absolute atomic E-state index is 12.2. The van der Waals surface area contributed by atoms with Crippen molar-refractivity contribution < 1.29 is 146 Å². The monoisotopic (exact) mass is 898 g/mol. The van der Waals surface area contributed by atoms with Crippen LogP contribution in [-0.4, -0.2) is 145 Å². The van der Waals surface area contributed by atoms with Crippen molar-refractivity contribution in [3.8, 4) is 0 Å². The van der Waals surface area contributed by atoms with E-state index in [1.807, 2.05) is 0 Å². The van der Waals surface area contributed by atoms with Gasteiger partial charge in [-0.3, -0.25) is 13.7 Å². The highest BCUT2D eigenvalue weighted by Crippen LogP contribution is 2.49. The first-order chi connectivity index (χ1) is 21.9. The molecule has 0 fully saturated rings. The number of alkyl halides is 21. The molecular weight excluding hydrogens is 879 g/mol. The smallest absolute Gasteiger partial charge is 0.396 e. The van der Waals surface area contributed by atoms with Crippen LogP contribution < -0.4 is 0 Å². The zero-order valence-electron chi connectivity index (χ0n) is 23.6. The average molecular weight is 898 g/mol. The minimum atomic E-state index is -6.61. The number of aliphatic hydroxyl groups is 3. The molecule has 36 heteroatoms. The van der Waals surface area contributed by atoms with Crippen molar-refractivity contribution in [1.29, 1.82) is 0 Å². The zero-order chi connectivity index (χ0) is 43.8. The van der Waals surface area contributed by atoms with E-state index in [-0.39, 0.29) is 19.6 Å². The first-order valence-corrected chi connectivity index (χ1v) is 16.0. The van der Waals surface area contributed by atoms with Crippen LogP contribution in [0, 0.1) is 0 Å². The van der Waals surface area contributed by atoms with E-state index in [9.17, 15) is 117 Å². The fraction of sp³-hybridized carbons (Fsp3) is 1.00. The zero-order valence-corrected chi connectivity index (χ0v) is 26.1. The molecule has 0 saturated heterocycles. The Labute approximate surface area is 274 Å². The lowest BCUT2D eigenvalue weighted by Gasteiger charge is -2.26. The van der Waals surface area contributed by atoms with Crippen molar-refractivity contribution in [2.75, 3.05) is 30.5 Å². The first-order valence-electron chi connectivity index (χ1n) is 11.2. The molecule has 0 aromatic heterocycles. The molecule has 1 unspecified atom stereocenters. The average Bonchev–Trinajstić information content (AvgIpc) is 2.78. The molecule has 0 spiro atoms. The maximum atomic E-state index is 12.2. The topological polar surface area (TPSA) is 224 Å². The van der Waals surface area contributed by atoms with E-state index in [4.69, 9.17) is 29.0 Å². The van der Waals surface area contributed by atoms with Crippen LogP contribution in [0.15, 0.2) is 0 Å². The summed E-state index contributed by atoms with van der Waals surface area (Å²) in [6.45, 7) is -0.331. The third-order valence-electron chi connectivity index (χ3n) is 4.21. The normalized spacial score (nSPS) is 15.3. The molecule has 0 bridgehead atoms. The summed E-state index contributed by atoms with van der Waals surface area (Å²) < 4.78 is 330. The Kier molecular flexibility index (Phi) is 19.9. The number of hydrogen-bond donors (Lipinski definition) is 6. The van der Waals surface area contributed by atoms with Crippen LogP contribution in [0.3, 0.4) is 0 Å². The van der Waals surface area contributed by atoms with E-state index in [1.165, 1.54) is 0 Å². The molecule has 52 heavy (non-hydrogen) atoms. The molecule has 0 amide bonds. The fourth-order valence-corrected chi connectivity index (χ4v) is 3.74.